The third kappa shape index (κ3) is 3.28. The molecule has 0 bridgehead atoms. The number of halogens is 2. The fraction of sp³-hybridized carbons (Fsp3) is 0. The zero-order valence-electron chi connectivity index (χ0n) is 13.2. The second-order valence-electron chi connectivity index (χ2n) is 5.80. The van der Waals surface area contributed by atoms with E-state index < -0.39 is 0 Å². The molecule has 6 aromatic rings. The molecule has 6 rings (SSSR count). The summed E-state index contributed by atoms with van der Waals surface area (Å²) in [6.45, 7) is 0. The number of hydrogen-bond acceptors (Lipinski definition) is 4. The molecule has 0 spiro atoms. The lowest BCUT2D eigenvalue weighted by Crippen LogP contribution is -1.61. The highest BCUT2D eigenvalue weighted by molar-refractivity contribution is 9.11. The Labute approximate surface area is 183 Å². The Bertz CT molecular complexity index is 1170. The SMILES string of the molecule is Brc1cc2cc3sc(Br)cc3cc2s1.c1cc2cc3sccc3cc2s1. The highest BCUT2D eigenvalue weighted by Crippen LogP contribution is 2.37. The van der Waals surface area contributed by atoms with Crippen LogP contribution in [0.3, 0.4) is 0 Å². The van der Waals surface area contributed by atoms with Crippen LogP contribution in [0.4, 0.5) is 0 Å². The zero-order valence-corrected chi connectivity index (χ0v) is 19.6. The largest absolute Gasteiger partial charge is 0.144 e. The summed E-state index contributed by atoms with van der Waals surface area (Å²) in [4.78, 5) is 0. The van der Waals surface area contributed by atoms with Gasteiger partial charge in [0.25, 0.3) is 0 Å². The number of hydrogen-bond donors (Lipinski definition) is 0. The van der Waals surface area contributed by atoms with Gasteiger partial charge < -0.3 is 0 Å². The van der Waals surface area contributed by atoms with Crippen LogP contribution in [-0.2, 0) is 0 Å². The molecule has 0 saturated heterocycles. The third-order valence-corrected chi connectivity index (χ3v) is 9.08. The van der Waals surface area contributed by atoms with Crippen LogP contribution in [0, 0.1) is 0 Å². The summed E-state index contributed by atoms with van der Waals surface area (Å²) in [6.07, 6.45) is 0. The minimum Gasteiger partial charge on any atom is -0.144 e. The van der Waals surface area contributed by atoms with Crippen molar-refractivity contribution in [2.45, 2.75) is 0 Å². The first kappa shape index (κ1) is 17.3. The molecule has 0 aliphatic rings. The van der Waals surface area contributed by atoms with Crippen LogP contribution in [0.1, 0.15) is 0 Å². The van der Waals surface area contributed by atoms with Gasteiger partial charge in [0.05, 0.1) is 7.57 Å². The summed E-state index contributed by atoms with van der Waals surface area (Å²) >= 11 is 14.2. The lowest BCUT2D eigenvalue weighted by atomic mass is 10.2. The second-order valence-corrected chi connectivity index (χ2v) is 12.6. The van der Waals surface area contributed by atoms with Crippen molar-refractivity contribution in [2.75, 3.05) is 0 Å². The molecule has 0 fully saturated rings. The third-order valence-electron chi connectivity index (χ3n) is 4.12. The van der Waals surface area contributed by atoms with E-state index in [4.69, 9.17) is 0 Å². The van der Waals surface area contributed by atoms with Gasteiger partial charge in [-0.15, -0.1) is 45.3 Å². The molecule has 6 heteroatoms. The van der Waals surface area contributed by atoms with Gasteiger partial charge in [-0.25, -0.2) is 0 Å². The van der Waals surface area contributed by atoms with E-state index in [2.05, 4.69) is 91.2 Å². The maximum absolute atomic E-state index is 3.51. The topological polar surface area (TPSA) is 0 Å². The Balaban J connectivity index is 0.000000117. The lowest BCUT2D eigenvalue weighted by molar-refractivity contribution is 2.00. The summed E-state index contributed by atoms with van der Waals surface area (Å²) in [5.74, 6) is 0. The average Bonchev–Trinajstić information content (AvgIpc) is 3.35. The summed E-state index contributed by atoms with van der Waals surface area (Å²) in [7, 11) is 0. The standard InChI is InChI=1S/C10H4Br2S2.C10H6S2/c11-9-3-5-1-7-6(2-8(5)14-9)4-10(12)13-7;1-3-11-9-6-8-2-4-12-10(8)5-7(1)9/h1-4H;1-6H. The first-order chi connectivity index (χ1) is 12.7. The van der Waals surface area contributed by atoms with E-state index in [9.17, 15) is 0 Å². The minimum absolute atomic E-state index is 1.20. The summed E-state index contributed by atoms with van der Waals surface area (Å²) in [5.41, 5.74) is 0. The fourth-order valence-electron chi connectivity index (χ4n) is 2.92. The zero-order chi connectivity index (χ0) is 17.7. The maximum Gasteiger partial charge on any atom is 0.0711 e. The summed E-state index contributed by atoms with van der Waals surface area (Å²) in [6, 6.07) is 17.7. The fourth-order valence-corrected chi connectivity index (χ4v) is 7.74. The van der Waals surface area contributed by atoms with Crippen molar-refractivity contribution in [3.05, 3.63) is 66.9 Å². The van der Waals surface area contributed by atoms with Crippen molar-refractivity contribution in [2.24, 2.45) is 0 Å². The Morgan fingerprint density at radius 3 is 1.38 bits per heavy atom. The first-order valence-electron chi connectivity index (χ1n) is 7.78. The van der Waals surface area contributed by atoms with Crippen molar-refractivity contribution < 1.29 is 0 Å². The van der Waals surface area contributed by atoms with E-state index in [1.54, 1.807) is 22.7 Å². The van der Waals surface area contributed by atoms with Crippen molar-refractivity contribution in [3.63, 3.8) is 0 Å². The molecule has 0 atom stereocenters. The van der Waals surface area contributed by atoms with Crippen molar-refractivity contribution >= 4 is 118 Å². The molecule has 0 amide bonds. The van der Waals surface area contributed by atoms with E-state index in [1.807, 2.05) is 22.7 Å². The highest BCUT2D eigenvalue weighted by Gasteiger charge is 2.04. The lowest BCUT2D eigenvalue weighted by Gasteiger charge is -1.89. The molecule has 0 unspecified atom stereocenters. The monoisotopic (exact) mass is 536 g/mol. The van der Waals surface area contributed by atoms with Gasteiger partial charge in [-0.1, -0.05) is 0 Å². The number of thiophene rings is 4. The quantitative estimate of drug-likeness (QED) is 0.181. The smallest absolute Gasteiger partial charge is 0.0711 e. The van der Waals surface area contributed by atoms with Gasteiger partial charge in [-0.2, -0.15) is 0 Å². The summed E-state index contributed by atoms with van der Waals surface area (Å²) in [5, 5.41) is 9.68. The highest BCUT2D eigenvalue weighted by atomic mass is 79.9. The van der Waals surface area contributed by atoms with Gasteiger partial charge in [-0.05, 0) is 113 Å². The predicted octanol–water partition coefficient (Wildman–Crippen LogP) is 9.76. The van der Waals surface area contributed by atoms with Gasteiger partial charge in [-0.3, -0.25) is 0 Å². The Hall–Kier alpha value is -0.760. The number of benzene rings is 2. The van der Waals surface area contributed by atoms with Crippen LogP contribution in [0.15, 0.2) is 66.9 Å². The minimum atomic E-state index is 1.20. The van der Waals surface area contributed by atoms with Crippen LogP contribution in [0.25, 0.3) is 40.3 Å². The molecule has 0 saturated carbocycles. The van der Waals surface area contributed by atoms with Crippen molar-refractivity contribution in [1.29, 1.82) is 0 Å². The summed E-state index contributed by atoms with van der Waals surface area (Å²) < 4.78 is 7.86. The van der Waals surface area contributed by atoms with Crippen LogP contribution < -0.4 is 0 Å². The van der Waals surface area contributed by atoms with Crippen molar-refractivity contribution in [1.82, 2.24) is 0 Å². The Morgan fingerprint density at radius 1 is 0.500 bits per heavy atom. The number of rotatable bonds is 0. The Kier molecular flexibility index (Phi) is 4.67. The Morgan fingerprint density at radius 2 is 0.923 bits per heavy atom. The molecule has 4 heterocycles. The molecule has 0 nitrogen and oxygen atoms in total. The van der Waals surface area contributed by atoms with Gasteiger partial charge in [0.1, 0.15) is 0 Å². The molecule has 26 heavy (non-hydrogen) atoms. The molecule has 0 aliphatic heterocycles. The number of fused-ring (bicyclic) bond motifs is 4. The molecular formula is C20H10Br2S4. The van der Waals surface area contributed by atoms with Crippen LogP contribution in [0.2, 0.25) is 0 Å². The van der Waals surface area contributed by atoms with Gasteiger partial charge >= 0.3 is 0 Å². The van der Waals surface area contributed by atoms with Crippen LogP contribution >= 0.6 is 77.2 Å². The molecule has 128 valence electrons. The maximum atomic E-state index is 3.51. The molecule has 0 aliphatic carbocycles. The van der Waals surface area contributed by atoms with Gasteiger partial charge in [0, 0.05) is 18.8 Å². The van der Waals surface area contributed by atoms with Gasteiger partial charge in [0.15, 0.2) is 0 Å². The molecule has 2 aromatic carbocycles. The van der Waals surface area contributed by atoms with Crippen LogP contribution in [0.5, 0.6) is 0 Å². The molecule has 0 N–H and O–H groups in total. The van der Waals surface area contributed by atoms with Crippen LogP contribution in [-0.4, -0.2) is 0 Å². The molecule has 4 aromatic heterocycles. The van der Waals surface area contributed by atoms with E-state index >= 15 is 0 Å². The van der Waals surface area contributed by atoms with Gasteiger partial charge in [0.2, 0.25) is 0 Å². The first-order valence-corrected chi connectivity index (χ1v) is 12.8. The molecular weight excluding hydrogens is 528 g/mol. The predicted molar refractivity (Wildman–Crippen MR) is 130 cm³/mol. The molecule has 0 radical (unpaired) electrons. The van der Waals surface area contributed by atoms with E-state index in [-0.39, 0.29) is 0 Å². The van der Waals surface area contributed by atoms with E-state index in [0.29, 0.717) is 0 Å². The normalized spacial score (nSPS) is 11.5. The van der Waals surface area contributed by atoms with E-state index in [0.717, 1.165) is 0 Å². The average molecular weight is 538 g/mol. The van der Waals surface area contributed by atoms with E-state index in [1.165, 1.54) is 47.9 Å². The van der Waals surface area contributed by atoms with Crippen molar-refractivity contribution in [3.8, 4) is 0 Å². The second kappa shape index (κ2) is 7.00.